The van der Waals surface area contributed by atoms with E-state index in [0.717, 1.165) is 6.54 Å². The van der Waals surface area contributed by atoms with Gasteiger partial charge in [0, 0.05) is 18.5 Å². The predicted octanol–water partition coefficient (Wildman–Crippen LogP) is 0.653. The van der Waals surface area contributed by atoms with Crippen LogP contribution in [0.4, 0.5) is 0 Å². The summed E-state index contributed by atoms with van der Waals surface area (Å²) in [5.74, 6) is 0.149. The predicted molar refractivity (Wildman–Crippen MR) is 48.9 cm³/mol. The smallest absolute Gasteiger partial charge is 0.219 e. The number of carbonyl (C=O) groups is 1. The van der Waals surface area contributed by atoms with Gasteiger partial charge in [-0.15, -0.1) is 0 Å². The maximum absolute atomic E-state index is 11.0. The van der Waals surface area contributed by atoms with E-state index in [-0.39, 0.29) is 11.9 Å². The van der Waals surface area contributed by atoms with Gasteiger partial charge in [-0.1, -0.05) is 6.92 Å². The highest BCUT2D eigenvalue weighted by Crippen LogP contribution is 2.08. The molecule has 0 aromatic carbocycles. The average molecular weight is 170 g/mol. The van der Waals surface area contributed by atoms with Crippen LogP contribution in [0.1, 0.15) is 33.1 Å². The highest BCUT2D eigenvalue weighted by atomic mass is 16.1. The Morgan fingerprint density at radius 3 is 3.00 bits per heavy atom. The lowest BCUT2D eigenvalue weighted by molar-refractivity contribution is -0.121. The lowest BCUT2D eigenvalue weighted by Gasteiger charge is -2.20. The Balaban J connectivity index is 2.26. The summed E-state index contributed by atoms with van der Waals surface area (Å²) < 4.78 is 0. The molecule has 0 spiro atoms. The van der Waals surface area contributed by atoms with Crippen LogP contribution >= 0.6 is 0 Å². The molecule has 0 radical (unpaired) electrons. The van der Waals surface area contributed by atoms with E-state index in [1.54, 1.807) is 0 Å². The summed E-state index contributed by atoms with van der Waals surface area (Å²) in [5.41, 5.74) is 0. The maximum atomic E-state index is 11.0. The van der Waals surface area contributed by atoms with Gasteiger partial charge in [0.25, 0.3) is 0 Å². The van der Waals surface area contributed by atoms with Crippen LogP contribution in [0.5, 0.6) is 0 Å². The zero-order valence-corrected chi connectivity index (χ0v) is 7.89. The Labute approximate surface area is 73.9 Å². The minimum Gasteiger partial charge on any atom is -0.352 e. The van der Waals surface area contributed by atoms with Crippen LogP contribution < -0.4 is 10.6 Å². The summed E-state index contributed by atoms with van der Waals surface area (Å²) in [6.07, 6.45) is 3.00. The SMILES string of the molecule is CCC(=O)NC(C)C1CCCN1. The Morgan fingerprint density at radius 2 is 2.50 bits per heavy atom. The Morgan fingerprint density at radius 1 is 1.75 bits per heavy atom. The van der Waals surface area contributed by atoms with Gasteiger partial charge in [-0.05, 0) is 26.3 Å². The normalized spacial score (nSPS) is 25.3. The topological polar surface area (TPSA) is 41.1 Å². The summed E-state index contributed by atoms with van der Waals surface area (Å²) in [7, 11) is 0. The minimum absolute atomic E-state index is 0.149. The van der Waals surface area contributed by atoms with Gasteiger partial charge in [0.15, 0.2) is 0 Å². The molecule has 1 aliphatic rings. The van der Waals surface area contributed by atoms with Crippen molar-refractivity contribution in [1.82, 2.24) is 10.6 Å². The molecule has 3 nitrogen and oxygen atoms in total. The largest absolute Gasteiger partial charge is 0.352 e. The summed E-state index contributed by atoms with van der Waals surface area (Å²) >= 11 is 0. The Hall–Kier alpha value is -0.570. The van der Waals surface area contributed by atoms with Crippen LogP contribution in [0, 0.1) is 0 Å². The van der Waals surface area contributed by atoms with Crippen molar-refractivity contribution in [3.8, 4) is 0 Å². The summed E-state index contributed by atoms with van der Waals surface area (Å²) in [6, 6.07) is 0.764. The third kappa shape index (κ3) is 2.48. The fourth-order valence-electron chi connectivity index (χ4n) is 1.59. The summed E-state index contributed by atoms with van der Waals surface area (Å²) in [4.78, 5) is 11.0. The molecule has 1 aliphatic heterocycles. The van der Waals surface area contributed by atoms with Gasteiger partial charge in [0.2, 0.25) is 5.91 Å². The van der Waals surface area contributed by atoms with Gasteiger partial charge >= 0.3 is 0 Å². The van der Waals surface area contributed by atoms with Crippen molar-refractivity contribution in [3.63, 3.8) is 0 Å². The first kappa shape index (κ1) is 9.52. The van der Waals surface area contributed by atoms with E-state index >= 15 is 0 Å². The van der Waals surface area contributed by atoms with E-state index in [1.807, 2.05) is 6.92 Å². The molecule has 0 aromatic heterocycles. The van der Waals surface area contributed by atoms with Crippen LogP contribution in [0.15, 0.2) is 0 Å². The molecule has 0 aromatic rings. The first-order chi connectivity index (χ1) is 5.74. The minimum atomic E-state index is 0.149. The molecule has 2 atom stereocenters. The molecule has 1 saturated heterocycles. The van der Waals surface area contributed by atoms with Gasteiger partial charge in [0.05, 0.1) is 0 Å². The number of carbonyl (C=O) groups excluding carboxylic acids is 1. The van der Waals surface area contributed by atoms with Gasteiger partial charge in [0.1, 0.15) is 0 Å². The third-order valence-electron chi connectivity index (χ3n) is 2.41. The summed E-state index contributed by atoms with van der Waals surface area (Å²) in [5, 5.41) is 6.34. The molecule has 1 amide bonds. The standard InChI is InChI=1S/C9H18N2O/c1-3-9(12)11-7(2)8-5-4-6-10-8/h7-8,10H,3-6H2,1-2H3,(H,11,12). The van der Waals surface area contributed by atoms with Gasteiger partial charge in [-0.3, -0.25) is 4.79 Å². The lowest BCUT2D eigenvalue weighted by Crippen LogP contribution is -2.45. The molecule has 2 N–H and O–H groups in total. The second kappa shape index (κ2) is 4.45. The van der Waals surface area contributed by atoms with Crippen molar-refractivity contribution < 1.29 is 4.79 Å². The second-order valence-corrected chi connectivity index (χ2v) is 3.41. The van der Waals surface area contributed by atoms with Crippen LogP contribution in [0.2, 0.25) is 0 Å². The van der Waals surface area contributed by atoms with Gasteiger partial charge in [-0.25, -0.2) is 0 Å². The van der Waals surface area contributed by atoms with Crippen molar-refractivity contribution in [1.29, 1.82) is 0 Å². The highest BCUT2D eigenvalue weighted by molar-refractivity contribution is 5.75. The number of rotatable bonds is 3. The van der Waals surface area contributed by atoms with Gasteiger partial charge in [-0.2, -0.15) is 0 Å². The zero-order chi connectivity index (χ0) is 8.97. The molecule has 70 valence electrons. The molecule has 0 bridgehead atoms. The quantitative estimate of drug-likeness (QED) is 0.653. The number of amides is 1. The number of hydrogen-bond donors (Lipinski definition) is 2. The molecule has 0 saturated carbocycles. The molecule has 0 aliphatic carbocycles. The number of nitrogens with one attached hydrogen (secondary N) is 2. The average Bonchev–Trinajstić information content (AvgIpc) is 2.56. The lowest BCUT2D eigenvalue weighted by atomic mass is 10.1. The fraction of sp³-hybridized carbons (Fsp3) is 0.889. The molecule has 12 heavy (non-hydrogen) atoms. The fourth-order valence-corrected chi connectivity index (χ4v) is 1.59. The first-order valence-electron chi connectivity index (χ1n) is 4.76. The van der Waals surface area contributed by atoms with E-state index in [4.69, 9.17) is 0 Å². The Kier molecular flexibility index (Phi) is 3.53. The molecule has 2 unspecified atom stereocenters. The Bertz CT molecular complexity index is 153. The van der Waals surface area contributed by atoms with Crippen LogP contribution in [0.25, 0.3) is 0 Å². The highest BCUT2D eigenvalue weighted by Gasteiger charge is 2.21. The third-order valence-corrected chi connectivity index (χ3v) is 2.41. The second-order valence-electron chi connectivity index (χ2n) is 3.41. The van der Waals surface area contributed by atoms with E-state index in [9.17, 15) is 4.79 Å². The van der Waals surface area contributed by atoms with Crippen molar-refractivity contribution in [2.24, 2.45) is 0 Å². The maximum Gasteiger partial charge on any atom is 0.219 e. The van der Waals surface area contributed by atoms with Crippen molar-refractivity contribution in [3.05, 3.63) is 0 Å². The molecular formula is C9H18N2O. The van der Waals surface area contributed by atoms with E-state index < -0.39 is 0 Å². The molecular weight excluding hydrogens is 152 g/mol. The van der Waals surface area contributed by atoms with E-state index in [0.29, 0.717) is 12.5 Å². The van der Waals surface area contributed by atoms with Gasteiger partial charge < -0.3 is 10.6 Å². The summed E-state index contributed by atoms with van der Waals surface area (Å²) in [6.45, 7) is 5.04. The van der Waals surface area contributed by atoms with E-state index in [2.05, 4.69) is 17.6 Å². The van der Waals surface area contributed by atoms with Crippen molar-refractivity contribution in [2.75, 3.05) is 6.54 Å². The number of hydrogen-bond acceptors (Lipinski definition) is 2. The van der Waals surface area contributed by atoms with Crippen LogP contribution in [-0.4, -0.2) is 24.5 Å². The monoisotopic (exact) mass is 170 g/mol. The zero-order valence-electron chi connectivity index (χ0n) is 7.89. The van der Waals surface area contributed by atoms with Crippen molar-refractivity contribution >= 4 is 5.91 Å². The van der Waals surface area contributed by atoms with E-state index in [1.165, 1.54) is 12.8 Å². The van der Waals surface area contributed by atoms with Crippen LogP contribution in [0.3, 0.4) is 0 Å². The molecule has 1 fully saturated rings. The molecule has 1 heterocycles. The van der Waals surface area contributed by atoms with Crippen LogP contribution in [-0.2, 0) is 4.79 Å². The first-order valence-corrected chi connectivity index (χ1v) is 4.76. The molecule has 1 rings (SSSR count). The molecule has 3 heteroatoms. The van der Waals surface area contributed by atoms with Crippen molar-refractivity contribution in [2.45, 2.75) is 45.2 Å².